The molecule has 2 aliphatic heterocycles. The molecule has 2 fully saturated rings. The van der Waals surface area contributed by atoms with Gasteiger partial charge in [-0.1, -0.05) is 66.7 Å². The van der Waals surface area contributed by atoms with Crippen LogP contribution in [0.1, 0.15) is 43.2 Å². The van der Waals surface area contributed by atoms with Crippen molar-refractivity contribution in [2.24, 2.45) is 5.92 Å². The highest BCUT2D eigenvalue weighted by Gasteiger charge is 2.45. The van der Waals surface area contributed by atoms with Crippen molar-refractivity contribution in [3.05, 3.63) is 83.9 Å². The molecule has 4 heteroatoms. The van der Waals surface area contributed by atoms with Gasteiger partial charge < -0.3 is 0 Å². The number of imide groups is 1. The number of fused-ring (bicyclic) bond motifs is 1. The van der Waals surface area contributed by atoms with Gasteiger partial charge in [-0.3, -0.25) is 19.8 Å². The molecule has 0 aromatic heterocycles. The van der Waals surface area contributed by atoms with Gasteiger partial charge in [0.25, 0.3) is 0 Å². The molecule has 3 aromatic rings. The maximum absolute atomic E-state index is 13.1. The molecule has 0 radical (unpaired) electrons. The van der Waals surface area contributed by atoms with Gasteiger partial charge in [-0.05, 0) is 72.7 Å². The Balaban J connectivity index is 1.25. The molecule has 0 aliphatic carbocycles. The van der Waals surface area contributed by atoms with E-state index in [-0.39, 0.29) is 11.8 Å². The van der Waals surface area contributed by atoms with Crippen LogP contribution in [0.3, 0.4) is 0 Å². The van der Waals surface area contributed by atoms with Gasteiger partial charge in [-0.25, -0.2) is 0 Å². The molecule has 1 atom stereocenters. The highest BCUT2D eigenvalue weighted by molar-refractivity contribution is 6.03. The first kappa shape index (κ1) is 20.9. The van der Waals surface area contributed by atoms with Crippen LogP contribution in [-0.2, 0) is 21.5 Å². The lowest BCUT2D eigenvalue weighted by atomic mass is 9.67. The highest BCUT2D eigenvalue weighted by atomic mass is 16.2. The summed E-state index contributed by atoms with van der Waals surface area (Å²) in [6, 6.07) is 25.3. The number of piperidine rings is 2. The quantitative estimate of drug-likeness (QED) is 0.595. The Morgan fingerprint density at radius 2 is 1.59 bits per heavy atom. The summed E-state index contributed by atoms with van der Waals surface area (Å²) in [5, 5.41) is 5.20. The summed E-state index contributed by atoms with van der Waals surface area (Å²) in [6.45, 7) is 3.06. The summed E-state index contributed by atoms with van der Waals surface area (Å²) >= 11 is 0. The zero-order chi connectivity index (χ0) is 22.0. The average molecular weight is 427 g/mol. The van der Waals surface area contributed by atoms with Crippen molar-refractivity contribution < 1.29 is 9.59 Å². The van der Waals surface area contributed by atoms with E-state index < -0.39 is 5.41 Å². The fraction of sp³-hybridized carbons (Fsp3) is 0.357. The number of benzene rings is 3. The standard InChI is InChI=1S/C28H30N2O2/c31-26-12-15-28(27(32)29-26,25-8-2-1-3-9-25)19-21-13-16-30(17-14-21)20-22-10-11-23-6-4-5-7-24(23)18-22/h1-11,18,21H,12-17,19-20H2,(H,29,31,32). The molecule has 5 rings (SSSR count). The van der Waals surface area contributed by atoms with E-state index in [0.717, 1.165) is 44.5 Å². The van der Waals surface area contributed by atoms with Crippen LogP contribution in [0.4, 0.5) is 0 Å². The lowest BCUT2D eigenvalue weighted by molar-refractivity contribution is -0.138. The van der Waals surface area contributed by atoms with Gasteiger partial charge in [0, 0.05) is 13.0 Å². The van der Waals surface area contributed by atoms with Gasteiger partial charge in [0.15, 0.2) is 0 Å². The van der Waals surface area contributed by atoms with E-state index in [0.29, 0.717) is 18.8 Å². The van der Waals surface area contributed by atoms with Gasteiger partial charge in [0.1, 0.15) is 0 Å². The molecule has 32 heavy (non-hydrogen) atoms. The van der Waals surface area contributed by atoms with Gasteiger partial charge in [0.05, 0.1) is 5.41 Å². The Bertz CT molecular complexity index is 1120. The first-order valence-corrected chi connectivity index (χ1v) is 11.7. The van der Waals surface area contributed by atoms with Crippen molar-refractivity contribution in [1.82, 2.24) is 10.2 Å². The second-order valence-corrected chi connectivity index (χ2v) is 9.43. The first-order chi connectivity index (χ1) is 15.6. The molecule has 0 spiro atoms. The van der Waals surface area contributed by atoms with Crippen molar-refractivity contribution >= 4 is 22.6 Å². The fourth-order valence-electron chi connectivity index (χ4n) is 5.53. The predicted molar refractivity (Wildman–Crippen MR) is 127 cm³/mol. The SMILES string of the molecule is O=C1CCC(CC2CCN(Cc3ccc4ccccc4c3)CC2)(c2ccccc2)C(=O)N1. The molecule has 4 nitrogen and oxygen atoms in total. The number of carbonyl (C=O) groups excluding carboxylic acids is 2. The van der Waals surface area contributed by atoms with E-state index >= 15 is 0 Å². The molecule has 164 valence electrons. The fourth-order valence-corrected chi connectivity index (χ4v) is 5.53. The van der Waals surface area contributed by atoms with Crippen molar-refractivity contribution in [3.8, 4) is 0 Å². The minimum absolute atomic E-state index is 0.112. The van der Waals surface area contributed by atoms with Gasteiger partial charge in [0.2, 0.25) is 11.8 Å². The maximum Gasteiger partial charge on any atom is 0.237 e. The number of carbonyl (C=O) groups is 2. The zero-order valence-electron chi connectivity index (χ0n) is 18.4. The number of nitrogens with one attached hydrogen (secondary N) is 1. The van der Waals surface area contributed by atoms with Crippen LogP contribution in [0, 0.1) is 5.92 Å². The third-order valence-corrected chi connectivity index (χ3v) is 7.36. The molecule has 0 bridgehead atoms. The normalized spacial score (nSPS) is 22.8. The third-order valence-electron chi connectivity index (χ3n) is 7.36. The Labute approximate surface area is 189 Å². The van der Waals surface area contributed by atoms with Crippen molar-refractivity contribution in [3.63, 3.8) is 0 Å². The second kappa shape index (κ2) is 8.87. The van der Waals surface area contributed by atoms with E-state index in [1.54, 1.807) is 0 Å². The minimum atomic E-state index is -0.583. The Morgan fingerprint density at radius 1 is 0.875 bits per heavy atom. The maximum atomic E-state index is 13.1. The van der Waals surface area contributed by atoms with Crippen LogP contribution >= 0.6 is 0 Å². The molecular formula is C28H30N2O2. The van der Waals surface area contributed by atoms with Gasteiger partial charge in [-0.2, -0.15) is 0 Å². The second-order valence-electron chi connectivity index (χ2n) is 9.43. The van der Waals surface area contributed by atoms with Crippen LogP contribution in [0.25, 0.3) is 10.8 Å². The van der Waals surface area contributed by atoms with Crippen LogP contribution in [-0.4, -0.2) is 29.8 Å². The number of amides is 2. The number of hydrogen-bond donors (Lipinski definition) is 1. The van der Waals surface area contributed by atoms with Crippen LogP contribution in [0.15, 0.2) is 72.8 Å². The number of nitrogens with zero attached hydrogens (tertiary/aromatic N) is 1. The molecule has 2 saturated heterocycles. The zero-order valence-corrected chi connectivity index (χ0v) is 18.4. The predicted octanol–water partition coefficient (Wildman–Crippen LogP) is 4.82. The number of likely N-dealkylation sites (tertiary alicyclic amines) is 1. The molecule has 1 unspecified atom stereocenters. The molecule has 0 saturated carbocycles. The Kier molecular flexibility index (Phi) is 5.79. The molecule has 2 heterocycles. The topological polar surface area (TPSA) is 49.4 Å². The first-order valence-electron chi connectivity index (χ1n) is 11.7. The molecule has 2 amide bonds. The van der Waals surface area contributed by atoms with E-state index in [4.69, 9.17) is 0 Å². The molecule has 3 aromatic carbocycles. The number of rotatable bonds is 5. The molecule has 1 N–H and O–H groups in total. The summed E-state index contributed by atoms with van der Waals surface area (Å²) in [6.07, 6.45) is 4.02. The summed E-state index contributed by atoms with van der Waals surface area (Å²) < 4.78 is 0. The summed E-state index contributed by atoms with van der Waals surface area (Å²) in [5.41, 5.74) is 1.82. The Hall–Kier alpha value is -2.98. The van der Waals surface area contributed by atoms with E-state index in [2.05, 4.69) is 52.7 Å². The van der Waals surface area contributed by atoms with Crippen molar-refractivity contribution in [2.75, 3.05) is 13.1 Å². The molecule has 2 aliphatic rings. The third kappa shape index (κ3) is 4.20. The lowest BCUT2D eigenvalue weighted by Crippen LogP contribution is -2.52. The van der Waals surface area contributed by atoms with Crippen LogP contribution < -0.4 is 5.32 Å². The van der Waals surface area contributed by atoms with Gasteiger partial charge >= 0.3 is 0 Å². The summed E-state index contributed by atoms with van der Waals surface area (Å²) in [7, 11) is 0. The minimum Gasteiger partial charge on any atom is -0.299 e. The lowest BCUT2D eigenvalue weighted by Gasteiger charge is -2.41. The van der Waals surface area contributed by atoms with E-state index in [9.17, 15) is 9.59 Å². The summed E-state index contributed by atoms with van der Waals surface area (Å²) in [5.74, 6) is 0.229. The van der Waals surface area contributed by atoms with Gasteiger partial charge in [-0.15, -0.1) is 0 Å². The number of hydrogen-bond acceptors (Lipinski definition) is 3. The molecular weight excluding hydrogens is 396 g/mol. The van der Waals surface area contributed by atoms with E-state index in [1.165, 1.54) is 16.3 Å². The summed E-state index contributed by atoms with van der Waals surface area (Å²) in [4.78, 5) is 27.4. The largest absolute Gasteiger partial charge is 0.299 e. The van der Waals surface area contributed by atoms with Crippen molar-refractivity contribution in [1.29, 1.82) is 0 Å². The smallest absolute Gasteiger partial charge is 0.237 e. The monoisotopic (exact) mass is 426 g/mol. The Morgan fingerprint density at radius 3 is 2.34 bits per heavy atom. The van der Waals surface area contributed by atoms with Crippen LogP contribution in [0.5, 0.6) is 0 Å². The van der Waals surface area contributed by atoms with E-state index in [1.807, 2.05) is 30.3 Å². The highest BCUT2D eigenvalue weighted by Crippen LogP contribution is 2.41. The van der Waals surface area contributed by atoms with Crippen molar-refractivity contribution in [2.45, 2.75) is 44.1 Å². The average Bonchev–Trinajstić information content (AvgIpc) is 2.83. The van der Waals surface area contributed by atoms with Crippen LogP contribution in [0.2, 0.25) is 0 Å².